The van der Waals surface area contributed by atoms with Crippen LogP contribution < -0.4 is 0 Å². The van der Waals surface area contributed by atoms with E-state index in [1.165, 1.54) is 141 Å². The summed E-state index contributed by atoms with van der Waals surface area (Å²) in [5.74, 6) is -1.05. The predicted molar refractivity (Wildman–Crippen MR) is 343 cm³/mol. The average Bonchev–Trinajstić information content (AvgIpc) is 3.45. The molecule has 1 atom stereocenters. The fraction of sp³-hybridized carbons (Fsp3) is 0.658. The van der Waals surface area contributed by atoms with Gasteiger partial charge in [0.25, 0.3) is 0 Å². The summed E-state index contributed by atoms with van der Waals surface area (Å²) in [5, 5.41) is 0. The van der Waals surface area contributed by atoms with E-state index in [0.29, 0.717) is 12.8 Å². The maximum Gasteiger partial charge on any atom is 0.309 e. The molecular weight excluding hydrogens is 973 g/mol. The number of hydrogen-bond acceptors (Lipinski definition) is 6. The highest BCUT2D eigenvalue weighted by Crippen LogP contribution is 2.16. The second-order valence-corrected chi connectivity index (χ2v) is 21.3. The van der Waals surface area contributed by atoms with Gasteiger partial charge in [0.1, 0.15) is 13.2 Å². The van der Waals surface area contributed by atoms with E-state index in [2.05, 4.69) is 142 Å². The van der Waals surface area contributed by atoms with Crippen LogP contribution in [0.4, 0.5) is 0 Å². The van der Waals surface area contributed by atoms with Crippen LogP contribution in [0.25, 0.3) is 0 Å². The molecule has 0 radical (unpaired) electrons. The maximum atomic E-state index is 12.9. The van der Waals surface area contributed by atoms with E-state index in [0.717, 1.165) is 109 Å². The highest BCUT2D eigenvalue weighted by molar-refractivity contribution is 5.72. The zero-order valence-corrected chi connectivity index (χ0v) is 51.3. The molecule has 448 valence electrons. The van der Waals surface area contributed by atoms with E-state index >= 15 is 0 Å². The molecule has 0 amide bonds. The molecule has 0 spiro atoms. The molecule has 0 aliphatic heterocycles. The molecule has 79 heavy (non-hydrogen) atoms. The van der Waals surface area contributed by atoms with Gasteiger partial charge in [-0.3, -0.25) is 14.4 Å². The topological polar surface area (TPSA) is 78.9 Å². The zero-order chi connectivity index (χ0) is 57.1. The number of unbranched alkanes of at least 4 members (excludes halogenated alkanes) is 26. The van der Waals surface area contributed by atoms with Crippen molar-refractivity contribution in [2.45, 2.75) is 297 Å². The third-order valence-corrected chi connectivity index (χ3v) is 13.7. The third kappa shape index (κ3) is 64.3. The largest absolute Gasteiger partial charge is 0.462 e. The Hall–Kier alpha value is -4.45. The number of carbonyl (C=O) groups is 3. The van der Waals surface area contributed by atoms with E-state index in [9.17, 15) is 14.4 Å². The Labute approximate surface area is 487 Å². The molecule has 0 aliphatic carbocycles. The lowest BCUT2D eigenvalue weighted by Gasteiger charge is -2.18. The molecular formula is C73H120O6. The third-order valence-electron chi connectivity index (χ3n) is 13.7. The lowest BCUT2D eigenvalue weighted by molar-refractivity contribution is -0.166. The Balaban J connectivity index is 4.34. The SMILES string of the molecule is CC/C=C\C/C=C\C/C=C\C/C=C\C/C=C\CC(=O)OCC(COC(=O)CCCCCCCCCCCCCCCCCC/C=C\C/C=C\C/C=C\C/C=C\CC)OC(=O)CCCCCCCCC/C=C\C/C=C\CCCCC. The molecule has 0 saturated carbocycles. The van der Waals surface area contributed by atoms with Crippen LogP contribution in [0, 0.1) is 0 Å². The smallest absolute Gasteiger partial charge is 0.309 e. The quantitative estimate of drug-likeness (QED) is 0.0261. The highest BCUT2D eigenvalue weighted by Gasteiger charge is 2.19. The highest BCUT2D eigenvalue weighted by atomic mass is 16.6. The molecule has 1 unspecified atom stereocenters. The number of carbonyl (C=O) groups excluding carboxylic acids is 3. The molecule has 6 heteroatoms. The van der Waals surface area contributed by atoms with E-state index in [1.54, 1.807) is 6.08 Å². The van der Waals surface area contributed by atoms with Gasteiger partial charge in [-0.15, -0.1) is 0 Å². The van der Waals surface area contributed by atoms with Crippen LogP contribution in [0.15, 0.2) is 134 Å². The second-order valence-electron chi connectivity index (χ2n) is 21.3. The molecule has 0 fully saturated rings. The van der Waals surface area contributed by atoms with Gasteiger partial charge < -0.3 is 14.2 Å². The first-order valence-corrected chi connectivity index (χ1v) is 32.7. The summed E-state index contributed by atoms with van der Waals surface area (Å²) in [6, 6.07) is 0. The molecule has 0 aromatic carbocycles. The number of hydrogen-bond donors (Lipinski definition) is 0. The zero-order valence-electron chi connectivity index (χ0n) is 51.3. The number of esters is 3. The number of rotatable bonds is 58. The van der Waals surface area contributed by atoms with Crippen molar-refractivity contribution in [3.8, 4) is 0 Å². The summed E-state index contributed by atoms with van der Waals surface area (Å²) in [4.78, 5) is 38.3. The van der Waals surface area contributed by atoms with Gasteiger partial charge in [-0.05, 0) is 116 Å². The van der Waals surface area contributed by atoms with Gasteiger partial charge in [0.15, 0.2) is 6.10 Å². The van der Waals surface area contributed by atoms with Gasteiger partial charge in [0.05, 0.1) is 6.42 Å². The summed E-state index contributed by atoms with van der Waals surface area (Å²) in [6.07, 6.45) is 93.5. The molecule has 0 N–H and O–H groups in total. The van der Waals surface area contributed by atoms with Crippen molar-refractivity contribution in [1.29, 1.82) is 0 Å². The van der Waals surface area contributed by atoms with Crippen LogP contribution in [-0.4, -0.2) is 37.2 Å². The first-order valence-electron chi connectivity index (χ1n) is 32.7. The normalized spacial score (nSPS) is 13.0. The van der Waals surface area contributed by atoms with Gasteiger partial charge in [-0.1, -0.05) is 289 Å². The number of ether oxygens (including phenoxy) is 3. The van der Waals surface area contributed by atoms with E-state index < -0.39 is 12.1 Å². The Bertz CT molecular complexity index is 1680. The minimum Gasteiger partial charge on any atom is -0.462 e. The molecule has 0 aliphatic rings. The summed E-state index contributed by atoms with van der Waals surface area (Å²) in [5.41, 5.74) is 0. The van der Waals surface area contributed by atoms with Crippen molar-refractivity contribution in [1.82, 2.24) is 0 Å². The van der Waals surface area contributed by atoms with Crippen LogP contribution in [0.2, 0.25) is 0 Å². The van der Waals surface area contributed by atoms with Crippen molar-refractivity contribution < 1.29 is 28.6 Å². The van der Waals surface area contributed by atoms with Crippen LogP contribution in [-0.2, 0) is 28.6 Å². The van der Waals surface area contributed by atoms with Crippen molar-refractivity contribution in [2.24, 2.45) is 0 Å². The molecule has 0 aromatic heterocycles. The molecule has 6 nitrogen and oxygen atoms in total. The molecule has 0 aromatic rings. The minimum absolute atomic E-state index is 0.113. The standard InChI is InChI=1S/C73H120O6/c1-4-7-10-13-16-19-22-25-28-30-31-32-33-34-35-36-37-38-39-40-41-43-45-48-51-54-57-60-63-66-72(75)78-69-70(68-77-71(74)65-62-59-56-53-50-47-44-27-24-21-18-15-12-9-6-3)79-73(76)67-64-61-58-55-52-49-46-42-29-26-23-20-17-14-11-8-5-2/h7,9-10,12,16-21,25-29,31-32,44,50,53,59,62,70H,4-6,8,11,13-15,22-24,30,33-43,45-49,51-52,54-58,60-61,63-69H2,1-3H3/b10-7-,12-9-,19-16-,20-17-,21-18-,28-25-,29-26-,32-31-,44-27-,53-50-,62-59-. The maximum absolute atomic E-state index is 12.9. The summed E-state index contributed by atoms with van der Waals surface area (Å²) in [7, 11) is 0. The number of allylic oxidation sites excluding steroid dienone is 21. The van der Waals surface area contributed by atoms with Crippen molar-refractivity contribution in [3.05, 3.63) is 134 Å². The van der Waals surface area contributed by atoms with Crippen molar-refractivity contribution in [2.75, 3.05) is 13.2 Å². The van der Waals surface area contributed by atoms with Gasteiger partial charge >= 0.3 is 17.9 Å². The monoisotopic (exact) mass is 1090 g/mol. The minimum atomic E-state index is -0.826. The second kappa shape index (κ2) is 66.1. The van der Waals surface area contributed by atoms with Gasteiger partial charge in [0.2, 0.25) is 0 Å². The van der Waals surface area contributed by atoms with E-state index in [4.69, 9.17) is 14.2 Å². The lowest BCUT2D eigenvalue weighted by Crippen LogP contribution is -2.30. The fourth-order valence-corrected chi connectivity index (χ4v) is 8.83. The van der Waals surface area contributed by atoms with Crippen LogP contribution >= 0.6 is 0 Å². The Morgan fingerprint density at radius 3 is 0.886 bits per heavy atom. The predicted octanol–water partition coefficient (Wildman–Crippen LogP) is 22.5. The average molecular weight is 1090 g/mol. The Morgan fingerprint density at radius 2 is 0.544 bits per heavy atom. The summed E-state index contributed by atoms with van der Waals surface area (Å²) < 4.78 is 16.8. The Kier molecular flexibility index (Phi) is 62.3. The molecule has 0 saturated heterocycles. The summed E-state index contributed by atoms with van der Waals surface area (Å²) in [6.45, 7) is 6.31. The first kappa shape index (κ1) is 74.5. The van der Waals surface area contributed by atoms with Gasteiger partial charge in [0, 0.05) is 12.8 Å². The van der Waals surface area contributed by atoms with Gasteiger partial charge in [-0.2, -0.15) is 0 Å². The van der Waals surface area contributed by atoms with Crippen LogP contribution in [0.5, 0.6) is 0 Å². The van der Waals surface area contributed by atoms with Crippen LogP contribution in [0.1, 0.15) is 290 Å². The van der Waals surface area contributed by atoms with Crippen molar-refractivity contribution in [3.63, 3.8) is 0 Å². The molecule has 0 heterocycles. The molecule has 0 bridgehead atoms. The van der Waals surface area contributed by atoms with Gasteiger partial charge in [-0.25, -0.2) is 0 Å². The van der Waals surface area contributed by atoms with Crippen LogP contribution in [0.3, 0.4) is 0 Å². The fourth-order valence-electron chi connectivity index (χ4n) is 8.83. The Morgan fingerprint density at radius 1 is 0.278 bits per heavy atom. The summed E-state index contributed by atoms with van der Waals surface area (Å²) >= 11 is 0. The molecule has 0 rings (SSSR count). The first-order chi connectivity index (χ1) is 39.0. The lowest BCUT2D eigenvalue weighted by atomic mass is 10.0. The van der Waals surface area contributed by atoms with E-state index in [-0.39, 0.29) is 31.6 Å². The van der Waals surface area contributed by atoms with Crippen molar-refractivity contribution >= 4 is 17.9 Å². The van der Waals surface area contributed by atoms with E-state index in [1.807, 2.05) is 6.08 Å².